The molecule has 0 unspecified atom stereocenters. The van der Waals surface area contributed by atoms with E-state index in [4.69, 9.17) is 0 Å². The first-order valence-electron chi connectivity index (χ1n) is 5.57. The summed E-state index contributed by atoms with van der Waals surface area (Å²) >= 11 is 0. The topological polar surface area (TPSA) is 54.9 Å². The summed E-state index contributed by atoms with van der Waals surface area (Å²) in [6.07, 6.45) is 0. The molecule has 2 aromatic carbocycles. The molecule has 1 N–H and O–H groups in total. The number of nitrogens with one attached hydrogen (secondary N) is 1. The van der Waals surface area contributed by atoms with Crippen LogP contribution < -0.4 is 5.56 Å². The third-order valence-corrected chi connectivity index (χ3v) is 2.82. The van der Waals surface area contributed by atoms with E-state index in [1.165, 1.54) is 0 Å². The molecule has 88 valence electrons. The predicted octanol–water partition coefficient (Wildman–Crippen LogP) is 2.02. The summed E-state index contributed by atoms with van der Waals surface area (Å²) in [6, 6.07) is 15.8. The average Bonchev–Trinajstić information content (AvgIpc) is 2.77. The zero-order valence-electron chi connectivity index (χ0n) is 9.46. The Bertz CT molecular complexity index is 769. The molecule has 1 aromatic heterocycles. The van der Waals surface area contributed by atoms with E-state index in [0.717, 1.165) is 4.68 Å². The Balaban J connectivity index is 2.19. The number of rotatable bonds is 1. The molecule has 0 amide bonds. The van der Waals surface area contributed by atoms with Crippen LogP contribution in [0.15, 0.2) is 59.4 Å². The van der Waals surface area contributed by atoms with Gasteiger partial charge >= 0.3 is 0 Å². The molecule has 0 aliphatic rings. The third kappa shape index (κ3) is 1.55. The maximum atomic E-state index is 12.2. The molecule has 4 heteroatoms. The lowest BCUT2D eigenvalue weighted by atomic mass is 10.2. The van der Waals surface area contributed by atoms with E-state index in [-0.39, 0.29) is 11.5 Å². The Morgan fingerprint density at radius 2 is 1.61 bits per heavy atom. The molecule has 18 heavy (non-hydrogen) atoms. The van der Waals surface area contributed by atoms with Crippen LogP contribution in [0.25, 0.3) is 10.9 Å². The fourth-order valence-electron chi connectivity index (χ4n) is 1.91. The highest BCUT2D eigenvalue weighted by Crippen LogP contribution is 2.07. The highest BCUT2D eigenvalue weighted by molar-refractivity contribution is 5.97. The number of hydrogen-bond acceptors (Lipinski definition) is 2. The van der Waals surface area contributed by atoms with Crippen LogP contribution in [-0.4, -0.2) is 15.7 Å². The van der Waals surface area contributed by atoms with Crippen molar-refractivity contribution >= 4 is 16.8 Å². The van der Waals surface area contributed by atoms with E-state index >= 15 is 0 Å². The van der Waals surface area contributed by atoms with Gasteiger partial charge < -0.3 is 0 Å². The summed E-state index contributed by atoms with van der Waals surface area (Å²) < 4.78 is 1.04. The van der Waals surface area contributed by atoms with Crippen LogP contribution in [0.3, 0.4) is 0 Å². The second-order valence-corrected chi connectivity index (χ2v) is 3.97. The van der Waals surface area contributed by atoms with Crippen LogP contribution in [0.1, 0.15) is 10.4 Å². The average molecular weight is 238 g/mol. The largest absolute Gasteiger partial charge is 0.288 e. The van der Waals surface area contributed by atoms with Crippen molar-refractivity contribution in [3.63, 3.8) is 0 Å². The van der Waals surface area contributed by atoms with Gasteiger partial charge in [0.25, 0.3) is 11.5 Å². The molecule has 0 fully saturated rings. The number of hydrogen-bond donors (Lipinski definition) is 1. The Morgan fingerprint density at radius 1 is 0.944 bits per heavy atom. The Hall–Kier alpha value is -2.62. The molecule has 4 nitrogen and oxygen atoms in total. The lowest BCUT2D eigenvalue weighted by molar-refractivity contribution is 0.0942. The van der Waals surface area contributed by atoms with E-state index in [0.29, 0.717) is 16.5 Å². The smallest absolute Gasteiger partial charge is 0.281 e. The number of carbonyl (C=O) groups is 1. The number of nitrogens with zero attached hydrogens (tertiary/aromatic N) is 1. The van der Waals surface area contributed by atoms with Gasteiger partial charge in [-0.3, -0.25) is 14.7 Å². The first kappa shape index (κ1) is 10.5. The summed E-state index contributed by atoms with van der Waals surface area (Å²) in [4.78, 5) is 24.2. The third-order valence-electron chi connectivity index (χ3n) is 2.82. The van der Waals surface area contributed by atoms with E-state index in [9.17, 15) is 9.59 Å². The minimum absolute atomic E-state index is 0.320. The van der Waals surface area contributed by atoms with E-state index in [2.05, 4.69) is 5.10 Å². The van der Waals surface area contributed by atoms with Gasteiger partial charge in [0.15, 0.2) is 0 Å². The van der Waals surface area contributed by atoms with Gasteiger partial charge in [-0.1, -0.05) is 30.3 Å². The molecule has 0 radical (unpaired) electrons. The number of benzene rings is 2. The minimum Gasteiger partial charge on any atom is -0.288 e. The predicted molar refractivity (Wildman–Crippen MR) is 68.7 cm³/mol. The lowest BCUT2D eigenvalue weighted by Crippen LogP contribution is -2.25. The highest BCUT2D eigenvalue weighted by Gasteiger charge is 2.13. The van der Waals surface area contributed by atoms with Gasteiger partial charge in [0, 0.05) is 5.56 Å². The number of carbonyl (C=O) groups excluding carboxylic acids is 1. The van der Waals surface area contributed by atoms with Crippen molar-refractivity contribution in [1.82, 2.24) is 9.78 Å². The van der Waals surface area contributed by atoms with Gasteiger partial charge in [0.1, 0.15) is 0 Å². The standard InChI is InChI=1S/C14H10N2O2/c17-13(10-6-2-1-3-7-10)16-14(18)11-8-4-5-9-12(11)15-16/h1-9,15H. The fourth-order valence-corrected chi connectivity index (χ4v) is 1.91. The van der Waals surface area contributed by atoms with Gasteiger partial charge in [-0.25, -0.2) is 0 Å². The second kappa shape index (κ2) is 4.00. The van der Waals surface area contributed by atoms with Crippen LogP contribution in [0.4, 0.5) is 0 Å². The molecule has 0 saturated carbocycles. The van der Waals surface area contributed by atoms with Crippen molar-refractivity contribution in [2.75, 3.05) is 0 Å². The van der Waals surface area contributed by atoms with E-state index in [1.807, 2.05) is 12.1 Å². The Morgan fingerprint density at radius 3 is 2.33 bits per heavy atom. The van der Waals surface area contributed by atoms with Crippen molar-refractivity contribution in [3.05, 3.63) is 70.5 Å². The summed E-state index contributed by atoms with van der Waals surface area (Å²) in [7, 11) is 0. The van der Waals surface area contributed by atoms with E-state index in [1.54, 1.807) is 42.5 Å². The Kier molecular flexibility index (Phi) is 2.34. The molecule has 1 heterocycles. The van der Waals surface area contributed by atoms with Crippen LogP contribution >= 0.6 is 0 Å². The molecule has 3 aromatic rings. The van der Waals surface area contributed by atoms with Crippen molar-refractivity contribution in [2.24, 2.45) is 0 Å². The van der Waals surface area contributed by atoms with Crippen molar-refractivity contribution in [1.29, 1.82) is 0 Å². The number of aromatic nitrogens is 2. The first-order valence-corrected chi connectivity index (χ1v) is 5.57. The molecule has 0 saturated heterocycles. The number of fused-ring (bicyclic) bond motifs is 1. The monoisotopic (exact) mass is 238 g/mol. The van der Waals surface area contributed by atoms with Gasteiger partial charge in [-0.2, -0.15) is 4.68 Å². The zero-order valence-corrected chi connectivity index (χ0v) is 9.46. The van der Waals surface area contributed by atoms with Crippen LogP contribution in [-0.2, 0) is 0 Å². The van der Waals surface area contributed by atoms with Crippen LogP contribution in [0.5, 0.6) is 0 Å². The maximum absolute atomic E-state index is 12.2. The van der Waals surface area contributed by atoms with Gasteiger partial charge in [0.05, 0.1) is 10.9 Å². The van der Waals surface area contributed by atoms with Crippen molar-refractivity contribution < 1.29 is 4.79 Å². The maximum Gasteiger partial charge on any atom is 0.281 e. The quantitative estimate of drug-likeness (QED) is 0.705. The minimum atomic E-state index is -0.350. The summed E-state index contributed by atoms with van der Waals surface area (Å²) in [6.45, 7) is 0. The highest BCUT2D eigenvalue weighted by atomic mass is 16.2. The molecule has 0 aliphatic carbocycles. The van der Waals surface area contributed by atoms with Gasteiger partial charge in [-0.05, 0) is 24.3 Å². The molecular weight excluding hydrogens is 228 g/mol. The number of aromatic amines is 1. The normalized spacial score (nSPS) is 10.7. The summed E-state index contributed by atoms with van der Waals surface area (Å²) in [5, 5.41) is 3.33. The van der Waals surface area contributed by atoms with Crippen molar-refractivity contribution in [3.8, 4) is 0 Å². The summed E-state index contributed by atoms with van der Waals surface area (Å²) in [5.74, 6) is -0.350. The Labute approximate surface area is 102 Å². The van der Waals surface area contributed by atoms with Gasteiger partial charge in [-0.15, -0.1) is 0 Å². The van der Waals surface area contributed by atoms with E-state index < -0.39 is 0 Å². The zero-order chi connectivity index (χ0) is 12.5. The molecule has 0 atom stereocenters. The molecule has 3 rings (SSSR count). The molecule has 0 spiro atoms. The number of H-pyrrole nitrogens is 1. The fraction of sp³-hybridized carbons (Fsp3) is 0. The second-order valence-electron chi connectivity index (χ2n) is 3.97. The molecular formula is C14H10N2O2. The number of para-hydroxylation sites is 1. The van der Waals surface area contributed by atoms with Crippen LogP contribution in [0.2, 0.25) is 0 Å². The molecule has 0 bridgehead atoms. The SMILES string of the molecule is O=C(c1ccccc1)n1[nH]c2ccccc2c1=O. The first-order chi connectivity index (χ1) is 8.77. The van der Waals surface area contributed by atoms with Gasteiger partial charge in [0.2, 0.25) is 0 Å². The van der Waals surface area contributed by atoms with Crippen molar-refractivity contribution in [2.45, 2.75) is 0 Å². The lowest BCUT2D eigenvalue weighted by Gasteiger charge is -1.99. The summed E-state index contributed by atoms with van der Waals surface area (Å²) in [5.41, 5.74) is 0.817. The molecule has 0 aliphatic heterocycles. The van der Waals surface area contributed by atoms with Crippen LogP contribution in [0, 0.1) is 0 Å².